The molecule has 2 fully saturated rings. The van der Waals surface area contributed by atoms with Crippen LogP contribution < -0.4 is 10.6 Å². The number of halogens is 1. The highest BCUT2D eigenvalue weighted by atomic mass is 35.5. The Bertz CT molecular complexity index is 535. The minimum Gasteiger partial charge on any atom is -0.339 e. The van der Waals surface area contributed by atoms with Gasteiger partial charge in [0.15, 0.2) is 0 Å². The Morgan fingerprint density at radius 2 is 1.74 bits per heavy atom. The third kappa shape index (κ3) is 4.45. The third-order valence-corrected chi connectivity index (χ3v) is 4.42. The number of amides is 2. The molecule has 0 spiro atoms. The molecule has 5 nitrogen and oxygen atoms in total. The quantitative estimate of drug-likeness (QED) is 0.890. The van der Waals surface area contributed by atoms with Gasteiger partial charge in [0.1, 0.15) is 0 Å². The fraction of sp³-hybridized carbons (Fsp3) is 0.529. The molecule has 1 unspecified atom stereocenters. The standard InChI is InChI=1S/C17H23N3O2.ClH/c21-16(15-5-1-2-10-18-15)19-14-8-6-13(7-9-14)17(22)20-11-3-4-12-20;/h6-9,15,18H,1-5,10-12H2,(H,19,21);1H. The number of piperidine rings is 1. The minimum atomic E-state index is -0.0975. The van der Waals surface area contributed by atoms with Gasteiger partial charge in [0, 0.05) is 24.3 Å². The molecule has 23 heavy (non-hydrogen) atoms. The molecule has 0 bridgehead atoms. The molecule has 1 atom stereocenters. The van der Waals surface area contributed by atoms with Gasteiger partial charge in [0.2, 0.25) is 5.91 Å². The average Bonchev–Trinajstić information content (AvgIpc) is 3.10. The lowest BCUT2D eigenvalue weighted by molar-refractivity contribution is -0.118. The normalized spacial score (nSPS) is 20.7. The average molecular weight is 338 g/mol. The second-order valence-electron chi connectivity index (χ2n) is 6.07. The molecular weight excluding hydrogens is 314 g/mol. The first-order valence-electron chi connectivity index (χ1n) is 8.17. The summed E-state index contributed by atoms with van der Waals surface area (Å²) in [7, 11) is 0. The van der Waals surface area contributed by atoms with Crippen molar-refractivity contribution in [2.45, 2.75) is 38.1 Å². The number of likely N-dealkylation sites (tertiary alicyclic amines) is 1. The van der Waals surface area contributed by atoms with Crippen LogP contribution in [-0.2, 0) is 4.79 Å². The van der Waals surface area contributed by atoms with Gasteiger partial charge in [-0.05, 0) is 56.5 Å². The van der Waals surface area contributed by atoms with Gasteiger partial charge in [-0.3, -0.25) is 9.59 Å². The van der Waals surface area contributed by atoms with Gasteiger partial charge < -0.3 is 15.5 Å². The van der Waals surface area contributed by atoms with Gasteiger partial charge in [-0.15, -0.1) is 12.4 Å². The maximum Gasteiger partial charge on any atom is 0.253 e. The zero-order chi connectivity index (χ0) is 15.4. The second-order valence-corrected chi connectivity index (χ2v) is 6.07. The zero-order valence-corrected chi connectivity index (χ0v) is 14.0. The topological polar surface area (TPSA) is 61.4 Å². The van der Waals surface area contributed by atoms with Crippen LogP contribution in [-0.4, -0.2) is 42.4 Å². The number of nitrogens with one attached hydrogen (secondary N) is 2. The number of hydrogen-bond acceptors (Lipinski definition) is 3. The van der Waals surface area contributed by atoms with E-state index in [1.54, 1.807) is 12.1 Å². The summed E-state index contributed by atoms with van der Waals surface area (Å²) in [6.07, 6.45) is 5.30. The molecule has 0 aromatic heterocycles. The summed E-state index contributed by atoms with van der Waals surface area (Å²) in [4.78, 5) is 26.3. The van der Waals surface area contributed by atoms with Crippen LogP contribution in [0.3, 0.4) is 0 Å². The molecule has 126 valence electrons. The van der Waals surface area contributed by atoms with Crippen molar-refractivity contribution in [3.8, 4) is 0 Å². The van der Waals surface area contributed by atoms with Crippen LogP contribution in [0.15, 0.2) is 24.3 Å². The molecule has 0 radical (unpaired) electrons. The lowest BCUT2D eigenvalue weighted by Gasteiger charge is -2.22. The molecule has 2 saturated heterocycles. The molecule has 1 aromatic rings. The van der Waals surface area contributed by atoms with E-state index in [9.17, 15) is 9.59 Å². The van der Waals surface area contributed by atoms with Gasteiger partial charge >= 0.3 is 0 Å². The van der Waals surface area contributed by atoms with E-state index in [2.05, 4.69) is 10.6 Å². The molecule has 2 N–H and O–H groups in total. The summed E-state index contributed by atoms with van der Waals surface area (Å²) in [5.74, 6) is 0.0997. The summed E-state index contributed by atoms with van der Waals surface area (Å²) < 4.78 is 0. The van der Waals surface area contributed by atoms with E-state index in [0.29, 0.717) is 5.56 Å². The maximum atomic E-state index is 12.3. The van der Waals surface area contributed by atoms with Crippen molar-refractivity contribution in [2.24, 2.45) is 0 Å². The maximum absolute atomic E-state index is 12.3. The molecule has 2 heterocycles. The van der Waals surface area contributed by atoms with E-state index in [4.69, 9.17) is 0 Å². The molecule has 0 saturated carbocycles. The number of benzene rings is 1. The number of carbonyl (C=O) groups excluding carboxylic acids is 2. The predicted molar refractivity (Wildman–Crippen MR) is 93.1 cm³/mol. The van der Waals surface area contributed by atoms with E-state index < -0.39 is 0 Å². The van der Waals surface area contributed by atoms with Crippen LogP contribution in [0.4, 0.5) is 5.69 Å². The van der Waals surface area contributed by atoms with Crippen LogP contribution in [0.25, 0.3) is 0 Å². The molecule has 2 amide bonds. The fourth-order valence-corrected chi connectivity index (χ4v) is 3.10. The largest absolute Gasteiger partial charge is 0.339 e. The predicted octanol–water partition coefficient (Wildman–Crippen LogP) is 2.42. The Labute approximate surface area is 143 Å². The van der Waals surface area contributed by atoms with Crippen LogP contribution in [0.2, 0.25) is 0 Å². The van der Waals surface area contributed by atoms with E-state index in [1.807, 2.05) is 17.0 Å². The van der Waals surface area contributed by atoms with Crippen LogP contribution in [0.1, 0.15) is 42.5 Å². The smallest absolute Gasteiger partial charge is 0.253 e. The lowest BCUT2D eigenvalue weighted by atomic mass is 10.0. The summed E-state index contributed by atoms with van der Waals surface area (Å²) in [5.41, 5.74) is 1.44. The zero-order valence-electron chi connectivity index (χ0n) is 13.2. The van der Waals surface area contributed by atoms with Gasteiger partial charge in [-0.25, -0.2) is 0 Å². The van der Waals surface area contributed by atoms with Crippen molar-refractivity contribution in [3.63, 3.8) is 0 Å². The fourth-order valence-electron chi connectivity index (χ4n) is 3.10. The van der Waals surface area contributed by atoms with Gasteiger partial charge in [-0.2, -0.15) is 0 Å². The van der Waals surface area contributed by atoms with Crippen molar-refractivity contribution in [3.05, 3.63) is 29.8 Å². The Morgan fingerprint density at radius 1 is 1.04 bits per heavy atom. The Balaban J connectivity index is 0.00000192. The number of carbonyl (C=O) groups is 2. The van der Waals surface area contributed by atoms with Crippen molar-refractivity contribution in [1.82, 2.24) is 10.2 Å². The van der Waals surface area contributed by atoms with E-state index >= 15 is 0 Å². The third-order valence-electron chi connectivity index (χ3n) is 4.42. The molecule has 1 aromatic carbocycles. The summed E-state index contributed by atoms with van der Waals surface area (Å²) in [6, 6.07) is 7.11. The highest BCUT2D eigenvalue weighted by Crippen LogP contribution is 2.16. The van der Waals surface area contributed by atoms with Crippen LogP contribution in [0.5, 0.6) is 0 Å². The summed E-state index contributed by atoms with van der Waals surface area (Å²) in [5, 5.41) is 6.15. The summed E-state index contributed by atoms with van der Waals surface area (Å²) >= 11 is 0. The van der Waals surface area contributed by atoms with Crippen molar-refractivity contribution in [1.29, 1.82) is 0 Å². The van der Waals surface area contributed by atoms with Gasteiger partial charge in [-0.1, -0.05) is 6.42 Å². The van der Waals surface area contributed by atoms with Crippen molar-refractivity contribution < 1.29 is 9.59 Å². The lowest BCUT2D eigenvalue weighted by Crippen LogP contribution is -2.43. The number of anilines is 1. The Morgan fingerprint density at radius 3 is 2.35 bits per heavy atom. The summed E-state index contributed by atoms with van der Waals surface area (Å²) in [6.45, 7) is 2.61. The molecular formula is C17H24ClN3O2. The highest BCUT2D eigenvalue weighted by Gasteiger charge is 2.21. The first-order valence-corrected chi connectivity index (χ1v) is 8.17. The van der Waals surface area contributed by atoms with E-state index in [-0.39, 0.29) is 30.3 Å². The van der Waals surface area contributed by atoms with E-state index in [1.165, 1.54) is 0 Å². The van der Waals surface area contributed by atoms with E-state index in [0.717, 1.165) is 57.4 Å². The SMILES string of the molecule is Cl.O=C(Nc1ccc(C(=O)N2CCCC2)cc1)C1CCCCN1. The van der Waals surface area contributed by atoms with Crippen LogP contribution in [0, 0.1) is 0 Å². The molecule has 0 aliphatic carbocycles. The van der Waals surface area contributed by atoms with Crippen molar-refractivity contribution in [2.75, 3.05) is 25.0 Å². The number of hydrogen-bond donors (Lipinski definition) is 2. The second kappa shape index (κ2) is 8.31. The monoisotopic (exact) mass is 337 g/mol. The first kappa shape index (κ1) is 17.8. The van der Waals surface area contributed by atoms with Gasteiger partial charge in [0.25, 0.3) is 5.91 Å². The minimum absolute atomic E-state index is 0. The van der Waals surface area contributed by atoms with Crippen LogP contribution >= 0.6 is 12.4 Å². The molecule has 3 rings (SSSR count). The Hall–Kier alpha value is -1.59. The molecule has 6 heteroatoms. The Kier molecular flexibility index (Phi) is 6.42. The van der Waals surface area contributed by atoms with Crippen molar-refractivity contribution >= 4 is 29.9 Å². The number of rotatable bonds is 3. The first-order chi connectivity index (χ1) is 10.7. The number of nitrogens with zero attached hydrogens (tertiary/aromatic N) is 1. The van der Waals surface area contributed by atoms with Gasteiger partial charge in [0.05, 0.1) is 6.04 Å². The highest BCUT2D eigenvalue weighted by molar-refractivity contribution is 5.97. The molecule has 2 aliphatic rings. The molecule has 2 aliphatic heterocycles.